The van der Waals surface area contributed by atoms with Gasteiger partial charge in [0.15, 0.2) is 0 Å². The first-order chi connectivity index (χ1) is 13.4. The van der Waals surface area contributed by atoms with Gasteiger partial charge in [-0.2, -0.15) is 0 Å². The second-order valence-corrected chi connectivity index (χ2v) is 7.30. The minimum Gasteiger partial charge on any atom is -0.354 e. The lowest BCUT2D eigenvalue weighted by Crippen LogP contribution is -2.35. The van der Waals surface area contributed by atoms with Crippen LogP contribution in [0.2, 0.25) is 10.0 Å². The van der Waals surface area contributed by atoms with Gasteiger partial charge in [0.25, 0.3) is 11.8 Å². The lowest BCUT2D eigenvalue weighted by Gasteiger charge is -2.09. The molecule has 2 aromatic carbocycles. The Balaban J connectivity index is 1.48. The molecule has 2 aromatic rings. The molecule has 146 valence electrons. The van der Waals surface area contributed by atoms with E-state index in [9.17, 15) is 14.4 Å². The summed E-state index contributed by atoms with van der Waals surface area (Å²) in [5.74, 6) is -0.371. The van der Waals surface area contributed by atoms with Crippen LogP contribution in [0.15, 0.2) is 42.5 Å². The molecule has 0 spiro atoms. The molecule has 0 bridgehead atoms. The average Bonchev–Trinajstić information content (AvgIpc) is 3.53. The Kier molecular flexibility index (Phi) is 6.54. The number of halogens is 2. The molecule has 3 amide bonds. The van der Waals surface area contributed by atoms with E-state index in [1.54, 1.807) is 36.4 Å². The predicted molar refractivity (Wildman–Crippen MR) is 109 cm³/mol. The fourth-order valence-electron chi connectivity index (χ4n) is 2.50. The summed E-state index contributed by atoms with van der Waals surface area (Å²) < 4.78 is 0. The molecule has 0 heterocycles. The van der Waals surface area contributed by atoms with Gasteiger partial charge in [-0.1, -0.05) is 23.2 Å². The SMILES string of the molecule is O=C(NCCNC(=O)C1CC1)c1ccc(NC(=O)c2ccc(Cl)c(Cl)c2)cc1. The average molecular weight is 420 g/mol. The summed E-state index contributed by atoms with van der Waals surface area (Å²) >= 11 is 11.8. The van der Waals surface area contributed by atoms with E-state index in [0.29, 0.717) is 39.9 Å². The lowest BCUT2D eigenvalue weighted by atomic mass is 10.1. The van der Waals surface area contributed by atoms with Crippen LogP contribution in [0.25, 0.3) is 0 Å². The van der Waals surface area contributed by atoms with Gasteiger partial charge in [0.2, 0.25) is 5.91 Å². The number of hydrogen-bond acceptors (Lipinski definition) is 3. The second kappa shape index (κ2) is 9.08. The van der Waals surface area contributed by atoms with Gasteiger partial charge in [0.1, 0.15) is 0 Å². The molecule has 1 saturated carbocycles. The number of amides is 3. The second-order valence-electron chi connectivity index (χ2n) is 6.48. The van der Waals surface area contributed by atoms with Crippen LogP contribution >= 0.6 is 23.2 Å². The van der Waals surface area contributed by atoms with Crippen molar-refractivity contribution in [1.29, 1.82) is 0 Å². The van der Waals surface area contributed by atoms with Crippen molar-refractivity contribution in [2.24, 2.45) is 5.92 Å². The number of nitrogens with one attached hydrogen (secondary N) is 3. The third kappa shape index (κ3) is 5.47. The van der Waals surface area contributed by atoms with Crippen molar-refractivity contribution >= 4 is 46.6 Å². The van der Waals surface area contributed by atoms with E-state index >= 15 is 0 Å². The molecule has 0 atom stereocenters. The Labute approximate surface area is 172 Å². The highest BCUT2D eigenvalue weighted by atomic mass is 35.5. The van der Waals surface area contributed by atoms with Gasteiger partial charge in [-0.3, -0.25) is 14.4 Å². The van der Waals surface area contributed by atoms with Crippen LogP contribution in [-0.2, 0) is 4.79 Å². The molecule has 0 aliphatic heterocycles. The number of rotatable bonds is 7. The summed E-state index contributed by atoms with van der Waals surface area (Å²) in [6.45, 7) is 0.756. The van der Waals surface area contributed by atoms with Gasteiger partial charge in [-0.05, 0) is 55.3 Å². The molecule has 1 aliphatic carbocycles. The lowest BCUT2D eigenvalue weighted by molar-refractivity contribution is -0.122. The molecule has 1 aliphatic rings. The van der Waals surface area contributed by atoms with Crippen LogP contribution in [0.5, 0.6) is 0 Å². The summed E-state index contributed by atoms with van der Waals surface area (Å²) in [6.07, 6.45) is 1.90. The molecule has 6 nitrogen and oxygen atoms in total. The first kappa shape index (κ1) is 20.2. The Morgan fingerprint density at radius 2 is 1.46 bits per heavy atom. The van der Waals surface area contributed by atoms with E-state index in [-0.39, 0.29) is 23.6 Å². The molecule has 3 N–H and O–H groups in total. The number of hydrogen-bond donors (Lipinski definition) is 3. The topological polar surface area (TPSA) is 87.3 Å². The standard InChI is InChI=1S/C20H19Cl2N3O3/c21-16-8-5-14(11-17(16)22)20(28)25-15-6-3-13(4-7-15)19(27)24-10-9-23-18(26)12-1-2-12/h3-8,11-12H,1-2,9-10H2,(H,23,26)(H,24,27)(H,25,28). The molecule has 28 heavy (non-hydrogen) atoms. The van der Waals surface area contributed by atoms with Crippen molar-refractivity contribution in [2.75, 3.05) is 18.4 Å². The van der Waals surface area contributed by atoms with Crippen LogP contribution in [0, 0.1) is 5.92 Å². The van der Waals surface area contributed by atoms with Crippen LogP contribution in [0.1, 0.15) is 33.6 Å². The van der Waals surface area contributed by atoms with E-state index in [0.717, 1.165) is 12.8 Å². The Morgan fingerprint density at radius 3 is 2.11 bits per heavy atom. The van der Waals surface area contributed by atoms with E-state index in [2.05, 4.69) is 16.0 Å². The van der Waals surface area contributed by atoms with Crippen molar-refractivity contribution < 1.29 is 14.4 Å². The minimum absolute atomic E-state index is 0.0521. The van der Waals surface area contributed by atoms with Gasteiger partial charge in [0.05, 0.1) is 10.0 Å². The monoisotopic (exact) mass is 419 g/mol. The number of carbonyl (C=O) groups is 3. The highest BCUT2D eigenvalue weighted by Crippen LogP contribution is 2.28. The van der Waals surface area contributed by atoms with E-state index in [1.807, 2.05) is 0 Å². The van der Waals surface area contributed by atoms with Crippen molar-refractivity contribution in [3.8, 4) is 0 Å². The molecule has 0 radical (unpaired) electrons. The number of benzene rings is 2. The summed E-state index contributed by atoms with van der Waals surface area (Å²) in [7, 11) is 0. The minimum atomic E-state index is -0.331. The molecular formula is C20H19Cl2N3O3. The summed E-state index contributed by atoms with van der Waals surface area (Å²) in [6, 6.07) is 11.1. The van der Waals surface area contributed by atoms with Crippen molar-refractivity contribution in [2.45, 2.75) is 12.8 Å². The van der Waals surface area contributed by atoms with Gasteiger partial charge in [-0.15, -0.1) is 0 Å². The normalized spacial score (nSPS) is 12.9. The fraction of sp³-hybridized carbons (Fsp3) is 0.250. The van der Waals surface area contributed by atoms with Crippen LogP contribution in [0.3, 0.4) is 0 Å². The summed E-state index contributed by atoms with van der Waals surface area (Å²) in [5.41, 5.74) is 1.38. The molecule has 0 aromatic heterocycles. The quantitative estimate of drug-likeness (QED) is 0.600. The molecular weight excluding hydrogens is 401 g/mol. The first-order valence-electron chi connectivity index (χ1n) is 8.86. The zero-order chi connectivity index (χ0) is 20.1. The maximum absolute atomic E-state index is 12.3. The predicted octanol–water partition coefficient (Wildman–Crippen LogP) is 3.50. The third-order valence-electron chi connectivity index (χ3n) is 4.24. The van der Waals surface area contributed by atoms with Gasteiger partial charge < -0.3 is 16.0 Å². The Bertz CT molecular complexity index is 896. The number of carbonyl (C=O) groups excluding carboxylic acids is 3. The maximum Gasteiger partial charge on any atom is 0.255 e. The molecule has 3 rings (SSSR count). The maximum atomic E-state index is 12.3. The third-order valence-corrected chi connectivity index (χ3v) is 4.98. The van der Waals surface area contributed by atoms with E-state index < -0.39 is 0 Å². The fourth-order valence-corrected chi connectivity index (χ4v) is 2.80. The van der Waals surface area contributed by atoms with Crippen LogP contribution in [-0.4, -0.2) is 30.8 Å². The first-order valence-corrected chi connectivity index (χ1v) is 9.62. The van der Waals surface area contributed by atoms with Gasteiger partial charge in [0, 0.05) is 35.8 Å². The van der Waals surface area contributed by atoms with Crippen LogP contribution in [0.4, 0.5) is 5.69 Å². The van der Waals surface area contributed by atoms with Crippen molar-refractivity contribution in [1.82, 2.24) is 10.6 Å². The molecule has 0 saturated heterocycles. The summed E-state index contributed by atoms with van der Waals surface area (Å²) in [4.78, 5) is 35.9. The number of anilines is 1. The van der Waals surface area contributed by atoms with Crippen LogP contribution < -0.4 is 16.0 Å². The zero-order valence-electron chi connectivity index (χ0n) is 14.9. The van der Waals surface area contributed by atoms with E-state index in [1.165, 1.54) is 6.07 Å². The molecule has 1 fully saturated rings. The van der Waals surface area contributed by atoms with Crippen molar-refractivity contribution in [3.63, 3.8) is 0 Å². The van der Waals surface area contributed by atoms with Gasteiger partial charge >= 0.3 is 0 Å². The molecule has 8 heteroatoms. The molecule has 0 unspecified atom stereocenters. The smallest absolute Gasteiger partial charge is 0.255 e. The van der Waals surface area contributed by atoms with Crippen molar-refractivity contribution in [3.05, 3.63) is 63.6 Å². The Hall–Kier alpha value is -2.57. The summed E-state index contributed by atoms with van der Waals surface area (Å²) in [5, 5.41) is 8.94. The van der Waals surface area contributed by atoms with Gasteiger partial charge in [-0.25, -0.2) is 0 Å². The highest BCUT2D eigenvalue weighted by Gasteiger charge is 2.28. The Morgan fingerprint density at radius 1 is 0.821 bits per heavy atom. The van der Waals surface area contributed by atoms with E-state index in [4.69, 9.17) is 23.2 Å². The zero-order valence-corrected chi connectivity index (χ0v) is 16.4. The highest BCUT2D eigenvalue weighted by molar-refractivity contribution is 6.42. The largest absolute Gasteiger partial charge is 0.354 e.